The maximum Gasteiger partial charge on any atom is 0.705 e. The topological polar surface area (TPSA) is 48.5 Å². The summed E-state index contributed by atoms with van der Waals surface area (Å²) in [5, 5.41) is 0. The van der Waals surface area contributed by atoms with Gasteiger partial charge in [0.15, 0.2) is 0 Å². The zero-order valence-electron chi connectivity index (χ0n) is 12.3. The summed E-state index contributed by atoms with van der Waals surface area (Å²) in [6, 6.07) is 0. The highest BCUT2D eigenvalue weighted by Gasteiger charge is 2.40. The molecular formula is C12H22N4O3P+. The summed E-state index contributed by atoms with van der Waals surface area (Å²) >= 11 is 0. The highest BCUT2D eigenvalue weighted by Crippen LogP contribution is 2.34. The Hall–Kier alpha value is -1.30. The molecule has 0 radical (unpaired) electrons. The third-order valence-corrected chi connectivity index (χ3v) is 4.06. The Morgan fingerprint density at radius 2 is 1.30 bits per heavy atom. The first kappa shape index (κ1) is 15.1. The molecule has 2 heterocycles. The molecule has 0 saturated carbocycles. The van der Waals surface area contributed by atoms with Crippen LogP contribution >= 0.6 is 8.25 Å². The van der Waals surface area contributed by atoms with E-state index in [0.717, 1.165) is 13.1 Å². The van der Waals surface area contributed by atoms with E-state index in [1.54, 1.807) is 0 Å². The van der Waals surface area contributed by atoms with Crippen LogP contribution in [-0.2, 0) is 13.6 Å². The average molecular weight is 301 g/mol. The smallest absolute Gasteiger partial charge is 0.333 e. The van der Waals surface area contributed by atoms with Crippen molar-refractivity contribution in [2.24, 2.45) is 0 Å². The van der Waals surface area contributed by atoms with Crippen LogP contribution in [0, 0.1) is 0 Å². The minimum absolute atomic E-state index is 0.377. The van der Waals surface area contributed by atoms with Gasteiger partial charge in [-0.15, -0.1) is 0 Å². The highest BCUT2D eigenvalue weighted by molar-refractivity contribution is 7.33. The lowest BCUT2D eigenvalue weighted by Gasteiger charge is -2.26. The van der Waals surface area contributed by atoms with Crippen LogP contribution in [0.1, 0.15) is 13.8 Å². The summed E-state index contributed by atoms with van der Waals surface area (Å²) in [5.74, 6) is 0. The monoisotopic (exact) mass is 301 g/mol. The van der Waals surface area contributed by atoms with Crippen molar-refractivity contribution in [3.8, 4) is 0 Å². The number of hydrogen-bond acceptors (Lipinski definition) is 7. The van der Waals surface area contributed by atoms with Crippen LogP contribution < -0.4 is 0 Å². The zero-order chi connectivity index (χ0) is 14.7. The van der Waals surface area contributed by atoms with Gasteiger partial charge in [0, 0.05) is 56.5 Å². The molecule has 0 aromatic rings. The van der Waals surface area contributed by atoms with Gasteiger partial charge < -0.3 is 19.6 Å². The Kier molecular flexibility index (Phi) is 4.86. The van der Waals surface area contributed by atoms with Gasteiger partial charge in [-0.2, -0.15) is 0 Å². The maximum atomic E-state index is 12.1. The van der Waals surface area contributed by atoms with Crippen LogP contribution in [0.15, 0.2) is 24.8 Å². The third-order valence-electron chi connectivity index (χ3n) is 3.34. The van der Waals surface area contributed by atoms with Gasteiger partial charge in [-0.05, 0) is 13.8 Å². The van der Waals surface area contributed by atoms with Crippen molar-refractivity contribution in [1.29, 1.82) is 0 Å². The minimum Gasteiger partial charge on any atom is -0.333 e. The van der Waals surface area contributed by atoms with Crippen LogP contribution in [0.4, 0.5) is 0 Å². The fraction of sp³-hybridized carbons (Fsp3) is 0.667. The van der Waals surface area contributed by atoms with Crippen molar-refractivity contribution in [2.45, 2.75) is 26.6 Å². The second-order valence-electron chi connectivity index (χ2n) is 4.68. The first-order chi connectivity index (χ1) is 9.56. The maximum absolute atomic E-state index is 12.1. The van der Waals surface area contributed by atoms with Crippen molar-refractivity contribution >= 4 is 8.25 Å². The van der Waals surface area contributed by atoms with Crippen LogP contribution in [-0.4, -0.2) is 59.5 Å². The van der Waals surface area contributed by atoms with E-state index in [-0.39, 0.29) is 12.7 Å². The molecule has 0 amide bonds. The van der Waals surface area contributed by atoms with Crippen molar-refractivity contribution in [3.63, 3.8) is 0 Å². The standard InChI is InChI=1S/C12H22N4O3P/c1-5-15-9-7-13(3)11(15)18-20(17)19-12-14(4)8-10-16(12)6-2/h7-12H,5-6H2,1-4H3/q+1. The summed E-state index contributed by atoms with van der Waals surface area (Å²) in [6.07, 6.45) is 6.85. The SMILES string of the molecule is CCN1C=CN(C)C1O[P+](=O)OC1N(C)C=CN1CC. The molecule has 7 nitrogen and oxygen atoms in total. The van der Waals surface area contributed by atoms with E-state index in [1.165, 1.54) is 0 Å². The van der Waals surface area contributed by atoms with Gasteiger partial charge in [0.05, 0.1) is 0 Å². The lowest BCUT2D eigenvalue weighted by Crippen LogP contribution is -2.39. The van der Waals surface area contributed by atoms with E-state index in [4.69, 9.17) is 9.05 Å². The second-order valence-corrected chi connectivity index (χ2v) is 5.54. The van der Waals surface area contributed by atoms with Gasteiger partial charge in [0.1, 0.15) is 0 Å². The average Bonchev–Trinajstić information content (AvgIpc) is 2.95. The van der Waals surface area contributed by atoms with Crippen molar-refractivity contribution in [2.75, 3.05) is 27.2 Å². The van der Waals surface area contributed by atoms with E-state index >= 15 is 0 Å². The quantitative estimate of drug-likeness (QED) is 0.692. The second kappa shape index (κ2) is 6.43. The molecule has 0 bridgehead atoms. The zero-order valence-corrected chi connectivity index (χ0v) is 13.2. The Morgan fingerprint density at radius 1 is 0.900 bits per heavy atom. The summed E-state index contributed by atoms with van der Waals surface area (Å²) in [7, 11) is 1.54. The predicted octanol–water partition coefficient (Wildman–Crippen LogP) is 1.72. The van der Waals surface area contributed by atoms with Crippen LogP contribution in [0.25, 0.3) is 0 Å². The molecule has 112 valence electrons. The van der Waals surface area contributed by atoms with Crippen molar-refractivity contribution < 1.29 is 13.6 Å². The minimum atomic E-state index is -2.22. The molecule has 0 aliphatic carbocycles. The predicted molar refractivity (Wildman–Crippen MR) is 75.9 cm³/mol. The first-order valence-corrected chi connectivity index (χ1v) is 7.79. The van der Waals surface area contributed by atoms with Crippen molar-refractivity contribution in [3.05, 3.63) is 24.8 Å². The van der Waals surface area contributed by atoms with E-state index in [2.05, 4.69) is 0 Å². The Bertz CT molecular complexity index is 382. The third kappa shape index (κ3) is 3.06. The van der Waals surface area contributed by atoms with Crippen molar-refractivity contribution in [1.82, 2.24) is 19.6 Å². The number of rotatable bonds is 6. The molecule has 2 aliphatic rings. The summed E-state index contributed by atoms with van der Waals surface area (Å²) < 4.78 is 23.2. The van der Waals surface area contributed by atoms with Gasteiger partial charge >= 0.3 is 8.25 Å². The van der Waals surface area contributed by atoms with E-state index < -0.39 is 8.25 Å². The van der Waals surface area contributed by atoms with E-state index in [0.29, 0.717) is 0 Å². The first-order valence-electron chi connectivity index (χ1n) is 6.69. The molecule has 0 N–H and O–H groups in total. The van der Waals surface area contributed by atoms with Gasteiger partial charge in [0.25, 0.3) is 12.7 Å². The van der Waals surface area contributed by atoms with Gasteiger partial charge in [-0.25, -0.2) is 0 Å². The molecule has 2 unspecified atom stereocenters. The number of hydrogen-bond donors (Lipinski definition) is 0. The molecule has 0 saturated heterocycles. The summed E-state index contributed by atoms with van der Waals surface area (Å²) in [4.78, 5) is 7.61. The Labute approximate surface area is 121 Å². The molecule has 2 aliphatic heterocycles. The van der Waals surface area contributed by atoms with Gasteiger partial charge in [-0.3, -0.25) is 0 Å². The summed E-state index contributed by atoms with van der Waals surface area (Å²) in [5.41, 5.74) is 0. The lowest BCUT2D eigenvalue weighted by atomic mass is 10.6. The summed E-state index contributed by atoms with van der Waals surface area (Å²) in [6.45, 7) is 5.59. The molecule has 2 rings (SSSR count). The molecule has 0 aromatic carbocycles. The highest BCUT2D eigenvalue weighted by atomic mass is 31.1. The van der Waals surface area contributed by atoms with Crippen LogP contribution in [0.5, 0.6) is 0 Å². The molecule has 0 spiro atoms. The molecule has 8 heteroatoms. The largest absolute Gasteiger partial charge is 0.705 e. The van der Waals surface area contributed by atoms with E-state index in [1.807, 2.05) is 72.3 Å². The molecule has 0 fully saturated rings. The van der Waals surface area contributed by atoms with Crippen LogP contribution in [0.2, 0.25) is 0 Å². The fourth-order valence-electron chi connectivity index (χ4n) is 2.12. The van der Waals surface area contributed by atoms with Crippen LogP contribution in [0.3, 0.4) is 0 Å². The number of nitrogens with zero attached hydrogens (tertiary/aromatic N) is 4. The molecule has 0 aromatic heterocycles. The Balaban J connectivity index is 1.89. The molecular weight excluding hydrogens is 279 g/mol. The Morgan fingerprint density at radius 3 is 1.65 bits per heavy atom. The van der Waals surface area contributed by atoms with Gasteiger partial charge in [0.2, 0.25) is 0 Å². The lowest BCUT2D eigenvalue weighted by molar-refractivity contribution is -0.0533. The molecule has 20 heavy (non-hydrogen) atoms. The van der Waals surface area contributed by atoms with Gasteiger partial charge in [-0.1, -0.05) is 9.05 Å². The normalized spacial score (nSPS) is 26.1. The fourth-order valence-corrected chi connectivity index (χ4v) is 3.01. The van der Waals surface area contributed by atoms with E-state index in [9.17, 15) is 4.57 Å². The molecule has 2 atom stereocenters.